The fourth-order valence-corrected chi connectivity index (χ4v) is 4.83. The van der Waals surface area contributed by atoms with E-state index >= 15 is 0 Å². The molecular formula is C15H15N3O3S3. The van der Waals surface area contributed by atoms with Crippen LogP contribution in [0.2, 0.25) is 0 Å². The molecule has 3 aromatic rings. The highest BCUT2D eigenvalue weighted by Crippen LogP contribution is 2.30. The maximum absolute atomic E-state index is 12.6. The van der Waals surface area contributed by atoms with Gasteiger partial charge in [-0.3, -0.25) is 4.79 Å². The number of nitrogens with zero attached hydrogens (tertiary/aromatic N) is 2. The molecule has 0 saturated carbocycles. The van der Waals surface area contributed by atoms with Crippen LogP contribution in [0.15, 0.2) is 39.9 Å². The molecule has 0 spiro atoms. The molecule has 0 fully saturated rings. The van der Waals surface area contributed by atoms with E-state index in [1.165, 1.54) is 22.8 Å². The summed E-state index contributed by atoms with van der Waals surface area (Å²) in [5.41, 5.74) is 1.21. The second-order valence-corrected chi connectivity index (χ2v) is 9.07. The summed E-state index contributed by atoms with van der Waals surface area (Å²) in [6.07, 6.45) is 0. The second-order valence-electron chi connectivity index (χ2n) is 5.31. The highest BCUT2D eigenvalue weighted by molar-refractivity contribution is 7.91. The molecule has 0 bridgehead atoms. The van der Waals surface area contributed by atoms with Gasteiger partial charge in [-0.15, -0.1) is 22.7 Å². The highest BCUT2D eigenvalue weighted by atomic mass is 32.2. The molecule has 1 amide bonds. The first kappa shape index (κ1) is 17.0. The van der Waals surface area contributed by atoms with Crippen molar-refractivity contribution in [2.45, 2.75) is 17.2 Å². The van der Waals surface area contributed by atoms with E-state index in [1.54, 1.807) is 11.9 Å². The number of carbonyl (C=O) groups excluding carboxylic acids is 1. The molecule has 6 nitrogen and oxygen atoms in total. The lowest BCUT2D eigenvalue weighted by atomic mass is 10.2. The van der Waals surface area contributed by atoms with Gasteiger partial charge in [0, 0.05) is 12.4 Å². The number of rotatable bonds is 4. The van der Waals surface area contributed by atoms with E-state index in [1.807, 2.05) is 31.2 Å². The Labute approximate surface area is 147 Å². The number of fused-ring (bicyclic) bond motifs is 1. The van der Waals surface area contributed by atoms with Crippen molar-refractivity contribution in [3.8, 4) is 0 Å². The van der Waals surface area contributed by atoms with Crippen LogP contribution in [0.4, 0.5) is 0 Å². The van der Waals surface area contributed by atoms with Crippen molar-refractivity contribution in [3.05, 3.63) is 46.3 Å². The molecule has 3 rings (SSSR count). The van der Waals surface area contributed by atoms with Gasteiger partial charge >= 0.3 is 0 Å². The summed E-state index contributed by atoms with van der Waals surface area (Å²) in [7, 11) is -2.12. The average Bonchev–Trinajstić information content (AvgIpc) is 3.18. The smallest absolute Gasteiger partial charge is 0.255 e. The number of carbonyl (C=O) groups is 1. The second kappa shape index (κ2) is 6.25. The Hall–Kier alpha value is -1.81. The molecule has 1 aromatic carbocycles. The van der Waals surface area contributed by atoms with Gasteiger partial charge in [-0.05, 0) is 25.1 Å². The van der Waals surface area contributed by atoms with E-state index in [0.29, 0.717) is 5.56 Å². The largest absolute Gasteiger partial charge is 0.332 e. The van der Waals surface area contributed by atoms with Crippen molar-refractivity contribution in [1.82, 2.24) is 9.88 Å². The minimum atomic E-state index is -3.79. The summed E-state index contributed by atoms with van der Waals surface area (Å²) in [4.78, 5) is 18.7. The van der Waals surface area contributed by atoms with Crippen molar-refractivity contribution in [3.63, 3.8) is 0 Å². The standard InChI is InChI=1S/C15H15N3O3S3/c1-9(14-17-11-5-3-4-6-12(11)23-14)18(2)15(19)10-7-13(22-8-10)24(16,20)21/h3-9H,1-2H3,(H2,16,20,21)/t9-/m0/s1. The Morgan fingerprint density at radius 1 is 1.33 bits per heavy atom. The third kappa shape index (κ3) is 3.20. The van der Waals surface area contributed by atoms with Crippen molar-refractivity contribution in [1.29, 1.82) is 0 Å². The average molecular weight is 382 g/mol. The van der Waals surface area contributed by atoms with Gasteiger partial charge in [0.1, 0.15) is 9.22 Å². The van der Waals surface area contributed by atoms with E-state index in [2.05, 4.69) is 4.98 Å². The molecule has 0 radical (unpaired) electrons. The number of hydrogen-bond acceptors (Lipinski definition) is 6. The van der Waals surface area contributed by atoms with Crippen LogP contribution in [0.1, 0.15) is 28.3 Å². The first-order valence-corrected chi connectivity index (χ1v) is 10.3. The number of benzene rings is 1. The minimum absolute atomic E-state index is 0.0214. The molecule has 0 aliphatic heterocycles. The fraction of sp³-hybridized carbons (Fsp3) is 0.200. The molecule has 0 saturated heterocycles. The molecule has 126 valence electrons. The van der Waals surface area contributed by atoms with Crippen LogP contribution in [0.5, 0.6) is 0 Å². The van der Waals surface area contributed by atoms with E-state index < -0.39 is 10.0 Å². The van der Waals surface area contributed by atoms with Crippen LogP contribution in [0.3, 0.4) is 0 Å². The van der Waals surface area contributed by atoms with Crippen LogP contribution in [0, 0.1) is 0 Å². The number of sulfonamides is 1. The van der Waals surface area contributed by atoms with Crippen LogP contribution in [0.25, 0.3) is 10.2 Å². The van der Waals surface area contributed by atoms with E-state index in [9.17, 15) is 13.2 Å². The number of primary sulfonamides is 1. The molecule has 1 atom stereocenters. The lowest BCUT2D eigenvalue weighted by Gasteiger charge is -2.22. The molecular weight excluding hydrogens is 366 g/mol. The van der Waals surface area contributed by atoms with Crippen molar-refractivity contribution in [2.24, 2.45) is 5.14 Å². The predicted octanol–water partition coefficient (Wildman–Crippen LogP) is 2.84. The number of aromatic nitrogens is 1. The normalized spacial score (nSPS) is 13.1. The zero-order valence-corrected chi connectivity index (χ0v) is 15.4. The molecule has 0 aliphatic carbocycles. The Balaban J connectivity index is 1.85. The number of hydrogen-bond donors (Lipinski definition) is 1. The summed E-state index contributed by atoms with van der Waals surface area (Å²) in [6, 6.07) is 8.87. The predicted molar refractivity (Wildman–Crippen MR) is 95.8 cm³/mol. The number of nitrogens with two attached hydrogens (primary N) is 1. The SMILES string of the molecule is C[C@@H](c1nc2ccccc2s1)N(C)C(=O)c1csc(S(N)(=O)=O)c1. The van der Waals surface area contributed by atoms with Crippen LogP contribution < -0.4 is 5.14 Å². The fourth-order valence-electron chi connectivity index (χ4n) is 2.19. The van der Waals surface area contributed by atoms with Gasteiger partial charge < -0.3 is 4.90 Å². The molecule has 2 heterocycles. The van der Waals surface area contributed by atoms with Crippen LogP contribution >= 0.6 is 22.7 Å². The molecule has 9 heteroatoms. The quantitative estimate of drug-likeness (QED) is 0.752. The van der Waals surface area contributed by atoms with Gasteiger partial charge in [0.05, 0.1) is 21.8 Å². The third-order valence-electron chi connectivity index (χ3n) is 3.67. The molecule has 0 unspecified atom stereocenters. The number of para-hydroxylation sites is 1. The van der Waals surface area contributed by atoms with Crippen molar-refractivity contribution < 1.29 is 13.2 Å². The maximum Gasteiger partial charge on any atom is 0.255 e. The van der Waals surface area contributed by atoms with Gasteiger partial charge in [-0.2, -0.15) is 0 Å². The van der Waals surface area contributed by atoms with Gasteiger partial charge in [-0.1, -0.05) is 12.1 Å². The van der Waals surface area contributed by atoms with E-state index in [0.717, 1.165) is 26.6 Å². The number of amides is 1. The Morgan fingerprint density at radius 2 is 2.04 bits per heavy atom. The summed E-state index contributed by atoms with van der Waals surface area (Å²) in [6.45, 7) is 1.89. The summed E-state index contributed by atoms with van der Waals surface area (Å²) < 4.78 is 23.7. The Morgan fingerprint density at radius 3 is 2.67 bits per heavy atom. The zero-order valence-electron chi connectivity index (χ0n) is 13.0. The zero-order chi connectivity index (χ0) is 17.5. The van der Waals surface area contributed by atoms with Gasteiger partial charge in [-0.25, -0.2) is 18.5 Å². The van der Waals surface area contributed by atoms with Crippen LogP contribution in [-0.4, -0.2) is 31.3 Å². The van der Waals surface area contributed by atoms with Crippen molar-refractivity contribution in [2.75, 3.05) is 7.05 Å². The van der Waals surface area contributed by atoms with Crippen LogP contribution in [-0.2, 0) is 10.0 Å². The minimum Gasteiger partial charge on any atom is -0.332 e. The third-order valence-corrected chi connectivity index (χ3v) is 7.26. The maximum atomic E-state index is 12.6. The first-order chi connectivity index (χ1) is 11.3. The Bertz CT molecular complexity index is 974. The molecule has 0 aliphatic rings. The molecule has 2 N–H and O–H groups in total. The summed E-state index contributed by atoms with van der Waals surface area (Å²) in [5.74, 6) is -0.270. The number of thiophene rings is 1. The lowest BCUT2D eigenvalue weighted by Crippen LogP contribution is -2.29. The van der Waals surface area contributed by atoms with E-state index in [-0.39, 0.29) is 16.2 Å². The van der Waals surface area contributed by atoms with Gasteiger partial charge in [0.2, 0.25) is 10.0 Å². The lowest BCUT2D eigenvalue weighted by molar-refractivity contribution is 0.0743. The Kier molecular flexibility index (Phi) is 4.43. The topological polar surface area (TPSA) is 93.4 Å². The van der Waals surface area contributed by atoms with Crippen molar-refractivity contribution >= 4 is 48.8 Å². The molecule has 24 heavy (non-hydrogen) atoms. The van der Waals surface area contributed by atoms with Gasteiger partial charge in [0.25, 0.3) is 5.91 Å². The summed E-state index contributed by atoms with van der Waals surface area (Å²) in [5, 5.41) is 7.42. The summed E-state index contributed by atoms with van der Waals surface area (Å²) >= 11 is 2.48. The highest BCUT2D eigenvalue weighted by Gasteiger charge is 2.24. The number of thiazole rings is 1. The monoisotopic (exact) mass is 381 g/mol. The van der Waals surface area contributed by atoms with Gasteiger partial charge in [0.15, 0.2) is 0 Å². The first-order valence-electron chi connectivity index (χ1n) is 7.01. The van der Waals surface area contributed by atoms with E-state index in [4.69, 9.17) is 5.14 Å². The molecule has 2 aromatic heterocycles.